The second kappa shape index (κ2) is 4.61. The van der Waals surface area contributed by atoms with Crippen LogP contribution in [0, 0.1) is 20.8 Å². The predicted molar refractivity (Wildman–Crippen MR) is 62.7 cm³/mol. The average Bonchev–Trinajstić information content (AvgIpc) is 2.19. The fourth-order valence-corrected chi connectivity index (χ4v) is 1.59. The summed E-state index contributed by atoms with van der Waals surface area (Å²) in [6, 6.07) is 4.48. The maximum atomic E-state index is 2.33. The molecule has 0 aliphatic rings. The molecule has 0 saturated heterocycles. The van der Waals surface area contributed by atoms with Crippen LogP contribution in [0.1, 0.15) is 29.2 Å². The van der Waals surface area contributed by atoms with Gasteiger partial charge in [0.25, 0.3) is 0 Å². The Hall–Kier alpha value is -0.820. The molecule has 0 aliphatic carbocycles. The summed E-state index contributed by atoms with van der Waals surface area (Å²) in [7, 11) is 2.16. The van der Waals surface area contributed by atoms with E-state index < -0.39 is 0 Å². The molecule has 1 aromatic rings. The maximum absolute atomic E-state index is 2.33. The monoisotopic (exact) mass is 191 g/mol. The maximum Gasteiger partial charge on any atom is 0.0233 e. The van der Waals surface area contributed by atoms with Crippen LogP contribution in [0.4, 0.5) is 0 Å². The Morgan fingerprint density at radius 2 is 1.71 bits per heavy atom. The third kappa shape index (κ3) is 2.36. The second-order valence-electron chi connectivity index (χ2n) is 4.12. The SMILES string of the molecule is CCN(C)Cc1ccc(C)c(C)c1C. The summed E-state index contributed by atoms with van der Waals surface area (Å²) >= 11 is 0. The van der Waals surface area contributed by atoms with Gasteiger partial charge in [0.05, 0.1) is 0 Å². The molecular formula is C13H21N. The van der Waals surface area contributed by atoms with Crippen LogP contribution in [-0.4, -0.2) is 18.5 Å². The molecular weight excluding hydrogens is 170 g/mol. The zero-order valence-corrected chi connectivity index (χ0v) is 10.0. The molecule has 0 aromatic heterocycles. The minimum atomic E-state index is 1.06. The van der Waals surface area contributed by atoms with Crippen LogP contribution < -0.4 is 0 Å². The molecule has 0 spiro atoms. The van der Waals surface area contributed by atoms with E-state index in [1.54, 1.807) is 0 Å². The van der Waals surface area contributed by atoms with Crippen LogP contribution in [0.25, 0.3) is 0 Å². The van der Waals surface area contributed by atoms with Gasteiger partial charge in [-0.05, 0) is 56.6 Å². The first-order valence-corrected chi connectivity index (χ1v) is 5.30. The molecule has 0 saturated carbocycles. The van der Waals surface area contributed by atoms with Crippen molar-refractivity contribution in [1.82, 2.24) is 4.90 Å². The first-order valence-electron chi connectivity index (χ1n) is 5.30. The van der Waals surface area contributed by atoms with Crippen LogP contribution >= 0.6 is 0 Å². The van der Waals surface area contributed by atoms with E-state index in [4.69, 9.17) is 0 Å². The van der Waals surface area contributed by atoms with Gasteiger partial charge in [-0.25, -0.2) is 0 Å². The Morgan fingerprint density at radius 1 is 1.07 bits per heavy atom. The van der Waals surface area contributed by atoms with Crippen LogP contribution in [-0.2, 0) is 6.54 Å². The Kier molecular flexibility index (Phi) is 3.70. The highest BCUT2D eigenvalue weighted by molar-refractivity contribution is 5.38. The van der Waals surface area contributed by atoms with Gasteiger partial charge in [0.1, 0.15) is 0 Å². The van der Waals surface area contributed by atoms with Gasteiger partial charge in [0.15, 0.2) is 0 Å². The topological polar surface area (TPSA) is 3.24 Å². The first-order chi connectivity index (χ1) is 6.56. The minimum Gasteiger partial charge on any atom is -0.302 e. The molecule has 0 heterocycles. The lowest BCUT2D eigenvalue weighted by atomic mass is 9.99. The van der Waals surface area contributed by atoms with Crippen molar-refractivity contribution in [3.8, 4) is 0 Å². The fraction of sp³-hybridized carbons (Fsp3) is 0.538. The number of nitrogens with zero attached hydrogens (tertiary/aromatic N) is 1. The highest BCUT2D eigenvalue weighted by atomic mass is 15.1. The normalized spacial score (nSPS) is 11.0. The van der Waals surface area contributed by atoms with Gasteiger partial charge < -0.3 is 4.90 Å². The average molecular weight is 191 g/mol. The molecule has 0 unspecified atom stereocenters. The Bertz CT molecular complexity index is 315. The van der Waals surface area contributed by atoms with Gasteiger partial charge in [0, 0.05) is 6.54 Å². The van der Waals surface area contributed by atoms with E-state index in [-0.39, 0.29) is 0 Å². The molecule has 0 fully saturated rings. The van der Waals surface area contributed by atoms with E-state index in [2.05, 4.69) is 51.8 Å². The number of rotatable bonds is 3. The Labute approximate surface area is 87.7 Å². The first kappa shape index (κ1) is 11.3. The molecule has 0 atom stereocenters. The van der Waals surface area contributed by atoms with Gasteiger partial charge in [-0.1, -0.05) is 19.1 Å². The standard InChI is InChI=1S/C13H21N/c1-6-14(5)9-13-8-7-10(2)11(3)12(13)4/h7-8H,6,9H2,1-5H3. The molecule has 0 aliphatic heterocycles. The van der Waals surface area contributed by atoms with Crippen LogP contribution in [0.2, 0.25) is 0 Å². The van der Waals surface area contributed by atoms with Crippen molar-refractivity contribution in [2.24, 2.45) is 0 Å². The lowest BCUT2D eigenvalue weighted by molar-refractivity contribution is 0.345. The van der Waals surface area contributed by atoms with Crippen molar-refractivity contribution >= 4 is 0 Å². The van der Waals surface area contributed by atoms with E-state index in [0.717, 1.165) is 13.1 Å². The molecule has 0 amide bonds. The van der Waals surface area contributed by atoms with Crippen LogP contribution in [0.5, 0.6) is 0 Å². The second-order valence-corrected chi connectivity index (χ2v) is 4.12. The summed E-state index contributed by atoms with van der Waals surface area (Å²) in [5, 5.41) is 0. The Balaban J connectivity index is 2.94. The molecule has 1 heteroatoms. The lowest BCUT2D eigenvalue weighted by Gasteiger charge is -2.17. The fourth-order valence-electron chi connectivity index (χ4n) is 1.59. The van der Waals surface area contributed by atoms with Crippen molar-refractivity contribution in [3.05, 3.63) is 34.4 Å². The van der Waals surface area contributed by atoms with Crippen molar-refractivity contribution in [2.45, 2.75) is 34.2 Å². The third-order valence-electron chi connectivity index (χ3n) is 3.15. The zero-order valence-electron chi connectivity index (χ0n) is 10.0. The zero-order chi connectivity index (χ0) is 10.7. The smallest absolute Gasteiger partial charge is 0.0233 e. The summed E-state index contributed by atoms with van der Waals surface area (Å²) in [5.74, 6) is 0. The molecule has 0 radical (unpaired) electrons. The third-order valence-corrected chi connectivity index (χ3v) is 3.15. The molecule has 0 N–H and O–H groups in total. The number of benzene rings is 1. The van der Waals surface area contributed by atoms with Gasteiger partial charge >= 0.3 is 0 Å². The number of hydrogen-bond donors (Lipinski definition) is 0. The molecule has 1 aromatic carbocycles. The molecule has 78 valence electrons. The van der Waals surface area contributed by atoms with Crippen molar-refractivity contribution in [2.75, 3.05) is 13.6 Å². The van der Waals surface area contributed by atoms with Crippen LogP contribution in [0.15, 0.2) is 12.1 Å². The lowest BCUT2D eigenvalue weighted by Crippen LogP contribution is -2.17. The van der Waals surface area contributed by atoms with Gasteiger partial charge in [-0.3, -0.25) is 0 Å². The summed E-state index contributed by atoms with van der Waals surface area (Å²) in [4.78, 5) is 2.33. The summed E-state index contributed by atoms with van der Waals surface area (Å²) in [6.45, 7) is 11.0. The van der Waals surface area contributed by atoms with Gasteiger partial charge in [0.2, 0.25) is 0 Å². The van der Waals surface area contributed by atoms with Crippen molar-refractivity contribution < 1.29 is 0 Å². The van der Waals surface area contributed by atoms with Crippen molar-refractivity contribution in [1.29, 1.82) is 0 Å². The predicted octanol–water partition coefficient (Wildman–Crippen LogP) is 3.06. The van der Waals surface area contributed by atoms with E-state index in [9.17, 15) is 0 Å². The molecule has 14 heavy (non-hydrogen) atoms. The summed E-state index contributed by atoms with van der Waals surface area (Å²) < 4.78 is 0. The van der Waals surface area contributed by atoms with Crippen molar-refractivity contribution in [3.63, 3.8) is 0 Å². The quantitative estimate of drug-likeness (QED) is 0.709. The van der Waals surface area contributed by atoms with E-state index in [1.807, 2.05) is 0 Å². The van der Waals surface area contributed by atoms with Crippen LogP contribution in [0.3, 0.4) is 0 Å². The molecule has 0 bridgehead atoms. The summed E-state index contributed by atoms with van der Waals surface area (Å²) in [5.41, 5.74) is 5.74. The van der Waals surface area contributed by atoms with E-state index >= 15 is 0 Å². The van der Waals surface area contributed by atoms with Gasteiger partial charge in [-0.15, -0.1) is 0 Å². The molecule has 1 rings (SSSR count). The van der Waals surface area contributed by atoms with E-state index in [0.29, 0.717) is 0 Å². The minimum absolute atomic E-state index is 1.06. The number of aryl methyl sites for hydroxylation is 1. The Morgan fingerprint density at radius 3 is 2.29 bits per heavy atom. The highest BCUT2D eigenvalue weighted by Gasteiger charge is 2.05. The summed E-state index contributed by atoms with van der Waals surface area (Å²) in [6.07, 6.45) is 0. The highest BCUT2D eigenvalue weighted by Crippen LogP contribution is 2.18. The largest absolute Gasteiger partial charge is 0.302 e. The van der Waals surface area contributed by atoms with Gasteiger partial charge in [-0.2, -0.15) is 0 Å². The van der Waals surface area contributed by atoms with E-state index in [1.165, 1.54) is 22.3 Å². The molecule has 1 nitrogen and oxygen atoms in total. The number of hydrogen-bond acceptors (Lipinski definition) is 1.